The van der Waals surface area contributed by atoms with Crippen molar-refractivity contribution in [3.05, 3.63) is 65.7 Å². The average Bonchev–Trinajstić information content (AvgIpc) is 3.05. The molecule has 0 aliphatic carbocycles. The number of carboxylic acid groups (broad SMARTS) is 1. The van der Waals surface area contributed by atoms with Gasteiger partial charge in [0.25, 0.3) is 5.91 Å². The van der Waals surface area contributed by atoms with Crippen molar-refractivity contribution in [3.63, 3.8) is 0 Å². The Hall–Kier alpha value is -2.37. The summed E-state index contributed by atoms with van der Waals surface area (Å²) in [5, 5.41) is 11.9. The van der Waals surface area contributed by atoms with Gasteiger partial charge < -0.3 is 10.4 Å². The molecule has 1 heterocycles. The van der Waals surface area contributed by atoms with Crippen LogP contribution in [-0.4, -0.2) is 35.0 Å². The fourth-order valence-electron chi connectivity index (χ4n) is 2.97. The van der Waals surface area contributed by atoms with Gasteiger partial charge >= 0.3 is 5.97 Å². The summed E-state index contributed by atoms with van der Waals surface area (Å²) < 4.78 is 0. The molecule has 132 valence electrons. The van der Waals surface area contributed by atoms with Crippen molar-refractivity contribution in [3.8, 4) is 0 Å². The Bertz CT molecular complexity index is 736. The average molecular weight is 361 g/mol. The second kappa shape index (κ2) is 8.65. The normalized spacial score (nSPS) is 16.9. The van der Waals surface area contributed by atoms with E-state index in [0.717, 1.165) is 17.8 Å². The van der Waals surface area contributed by atoms with Crippen molar-refractivity contribution in [1.82, 2.24) is 4.90 Å². The molecule has 25 heavy (non-hydrogen) atoms. The number of aliphatic carboxylic acids is 1. The van der Waals surface area contributed by atoms with Crippen LogP contribution in [0, 0.1) is 5.92 Å². The maximum atomic E-state index is 12.3. The molecule has 1 fully saturated rings. The third-order valence-corrected chi connectivity index (χ3v) is 4.25. The maximum Gasteiger partial charge on any atom is 0.307 e. The Labute approximate surface area is 153 Å². The van der Waals surface area contributed by atoms with Crippen LogP contribution in [-0.2, 0) is 11.3 Å². The number of hydrogen-bond donors (Lipinski definition) is 2. The number of rotatable bonds is 5. The zero-order chi connectivity index (χ0) is 16.9. The van der Waals surface area contributed by atoms with E-state index in [-0.39, 0.29) is 24.2 Å². The summed E-state index contributed by atoms with van der Waals surface area (Å²) in [7, 11) is 0. The van der Waals surface area contributed by atoms with E-state index in [1.807, 2.05) is 48.5 Å². The van der Waals surface area contributed by atoms with Gasteiger partial charge in [0.1, 0.15) is 0 Å². The van der Waals surface area contributed by atoms with Crippen LogP contribution in [0.25, 0.3) is 0 Å². The second-order valence-corrected chi connectivity index (χ2v) is 6.08. The molecule has 6 heteroatoms. The molecule has 0 spiro atoms. The van der Waals surface area contributed by atoms with Gasteiger partial charge in [-0.1, -0.05) is 30.3 Å². The van der Waals surface area contributed by atoms with Gasteiger partial charge in [-0.25, -0.2) is 0 Å². The van der Waals surface area contributed by atoms with E-state index in [9.17, 15) is 9.59 Å². The number of likely N-dealkylation sites (tertiary alicyclic amines) is 1. The van der Waals surface area contributed by atoms with Crippen LogP contribution in [0.1, 0.15) is 22.3 Å². The third kappa shape index (κ3) is 5.05. The number of carboxylic acids is 1. The lowest BCUT2D eigenvalue weighted by Crippen LogP contribution is -2.23. The van der Waals surface area contributed by atoms with E-state index >= 15 is 0 Å². The Morgan fingerprint density at radius 3 is 2.56 bits per heavy atom. The highest BCUT2D eigenvalue weighted by Crippen LogP contribution is 2.19. The molecule has 1 aliphatic heterocycles. The predicted molar refractivity (Wildman–Crippen MR) is 99.1 cm³/mol. The first-order valence-electron chi connectivity index (χ1n) is 8.02. The molecular weight excluding hydrogens is 340 g/mol. The van der Waals surface area contributed by atoms with Crippen LogP contribution in [0.3, 0.4) is 0 Å². The first kappa shape index (κ1) is 19.0. The minimum atomic E-state index is -0.728. The van der Waals surface area contributed by atoms with Gasteiger partial charge in [0.05, 0.1) is 5.92 Å². The smallest absolute Gasteiger partial charge is 0.307 e. The summed E-state index contributed by atoms with van der Waals surface area (Å²) in [4.78, 5) is 25.5. The van der Waals surface area contributed by atoms with Crippen LogP contribution < -0.4 is 5.32 Å². The van der Waals surface area contributed by atoms with E-state index < -0.39 is 5.97 Å². The zero-order valence-corrected chi connectivity index (χ0v) is 14.5. The van der Waals surface area contributed by atoms with E-state index in [2.05, 4.69) is 10.2 Å². The molecule has 1 saturated heterocycles. The molecule has 1 amide bonds. The minimum absolute atomic E-state index is 0. The van der Waals surface area contributed by atoms with Gasteiger partial charge in [-0.2, -0.15) is 0 Å². The van der Waals surface area contributed by atoms with Gasteiger partial charge in [0.15, 0.2) is 0 Å². The Morgan fingerprint density at radius 1 is 1.12 bits per heavy atom. The van der Waals surface area contributed by atoms with Crippen LogP contribution in [0.5, 0.6) is 0 Å². The van der Waals surface area contributed by atoms with E-state index in [1.165, 1.54) is 0 Å². The summed E-state index contributed by atoms with van der Waals surface area (Å²) in [5.41, 5.74) is 2.38. The Morgan fingerprint density at radius 2 is 1.88 bits per heavy atom. The van der Waals surface area contributed by atoms with Crippen LogP contribution >= 0.6 is 12.4 Å². The number of amides is 1. The Balaban J connectivity index is 0.00000225. The SMILES string of the molecule is Cl.O=C(Nc1ccccc1)c1cccc(CN2CCC(C(=O)O)C2)c1. The highest BCUT2D eigenvalue weighted by Gasteiger charge is 2.27. The quantitative estimate of drug-likeness (QED) is 0.858. The lowest BCUT2D eigenvalue weighted by Gasteiger charge is -2.15. The summed E-state index contributed by atoms with van der Waals surface area (Å²) in [5.74, 6) is -1.16. The second-order valence-electron chi connectivity index (χ2n) is 6.08. The zero-order valence-electron chi connectivity index (χ0n) is 13.7. The molecule has 1 aliphatic rings. The number of hydrogen-bond acceptors (Lipinski definition) is 3. The van der Waals surface area contributed by atoms with Crippen LogP contribution in [0.15, 0.2) is 54.6 Å². The van der Waals surface area contributed by atoms with Crippen molar-refractivity contribution in [2.45, 2.75) is 13.0 Å². The molecule has 5 nitrogen and oxygen atoms in total. The number of para-hydroxylation sites is 1. The number of halogens is 1. The predicted octanol–water partition coefficient (Wildman–Crippen LogP) is 3.27. The molecular formula is C19H21ClN2O3. The van der Waals surface area contributed by atoms with E-state index in [4.69, 9.17) is 5.11 Å². The van der Waals surface area contributed by atoms with Gasteiger partial charge in [0, 0.05) is 24.3 Å². The van der Waals surface area contributed by atoms with Crippen molar-refractivity contribution >= 4 is 30.0 Å². The number of nitrogens with one attached hydrogen (secondary N) is 1. The third-order valence-electron chi connectivity index (χ3n) is 4.25. The van der Waals surface area contributed by atoms with Gasteiger partial charge in [-0.15, -0.1) is 12.4 Å². The largest absolute Gasteiger partial charge is 0.481 e. The number of anilines is 1. The lowest BCUT2D eigenvalue weighted by atomic mass is 10.1. The van der Waals surface area contributed by atoms with Crippen molar-refractivity contribution in [1.29, 1.82) is 0 Å². The van der Waals surface area contributed by atoms with Gasteiger partial charge in [-0.3, -0.25) is 14.5 Å². The number of carbonyl (C=O) groups is 2. The monoisotopic (exact) mass is 360 g/mol. The number of benzene rings is 2. The van der Waals surface area contributed by atoms with Crippen molar-refractivity contribution in [2.75, 3.05) is 18.4 Å². The standard InChI is InChI=1S/C19H20N2O3.ClH/c22-18(20-17-7-2-1-3-8-17)15-6-4-5-14(11-15)12-21-10-9-16(13-21)19(23)24;/h1-8,11,16H,9-10,12-13H2,(H,20,22)(H,23,24);1H. The fraction of sp³-hybridized carbons (Fsp3) is 0.263. The van der Waals surface area contributed by atoms with Crippen molar-refractivity contribution in [2.24, 2.45) is 5.92 Å². The fourth-order valence-corrected chi connectivity index (χ4v) is 2.97. The molecule has 2 aromatic carbocycles. The van der Waals surface area contributed by atoms with Crippen molar-refractivity contribution < 1.29 is 14.7 Å². The topological polar surface area (TPSA) is 69.6 Å². The molecule has 0 saturated carbocycles. The molecule has 2 N–H and O–H groups in total. The molecule has 0 bridgehead atoms. The first-order chi connectivity index (χ1) is 11.6. The lowest BCUT2D eigenvalue weighted by molar-refractivity contribution is -0.141. The van der Waals surface area contributed by atoms with Gasteiger partial charge in [0.2, 0.25) is 0 Å². The highest BCUT2D eigenvalue weighted by molar-refractivity contribution is 6.04. The first-order valence-corrected chi connectivity index (χ1v) is 8.02. The summed E-state index contributed by atoms with van der Waals surface area (Å²) in [6.07, 6.45) is 0.684. The van der Waals surface area contributed by atoms with E-state index in [1.54, 1.807) is 6.07 Å². The minimum Gasteiger partial charge on any atom is -0.481 e. The number of carbonyl (C=O) groups excluding carboxylic acids is 1. The van der Waals surface area contributed by atoms with Crippen LogP contribution in [0.4, 0.5) is 5.69 Å². The molecule has 2 aromatic rings. The van der Waals surface area contributed by atoms with Crippen LogP contribution in [0.2, 0.25) is 0 Å². The molecule has 3 rings (SSSR count). The Kier molecular flexibility index (Phi) is 6.56. The number of nitrogens with zero attached hydrogens (tertiary/aromatic N) is 1. The maximum absolute atomic E-state index is 12.3. The summed E-state index contributed by atoms with van der Waals surface area (Å²) in [6, 6.07) is 16.8. The summed E-state index contributed by atoms with van der Waals surface area (Å²) >= 11 is 0. The molecule has 1 unspecified atom stereocenters. The molecule has 1 atom stereocenters. The molecule has 0 aromatic heterocycles. The van der Waals surface area contributed by atoms with Gasteiger partial charge in [-0.05, 0) is 42.8 Å². The van der Waals surface area contributed by atoms with E-state index in [0.29, 0.717) is 25.1 Å². The summed E-state index contributed by atoms with van der Waals surface area (Å²) in [6.45, 7) is 2.00. The highest BCUT2D eigenvalue weighted by atomic mass is 35.5. The molecule has 0 radical (unpaired) electrons.